The zero-order chi connectivity index (χ0) is 16.8. The van der Waals surface area contributed by atoms with Gasteiger partial charge in [-0.1, -0.05) is 15.9 Å². The Kier molecular flexibility index (Phi) is 4.35. The summed E-state index contributed by atoms with van der Waals surface area (Å²) in [6.07, 6.45) is 0.650. The van der Waals surface area contributed by atoms with E-state index in [-0.39, 0.29) is 22.4 Å². The van der Waals surface area contributed by atoms with Gasteiger partial charge in [-0.15, -0.1) is 0 Å². The third-order valence-electron chi connectivity index (χ3n) is 4.12. The molecule has 1 fully saturated rings. The number of Topliss-reactive ketones (excluding diaryl/α,β-unsaturated/α-hetero) is 1. The van der Waals surface area contributed by atoms with E-state index < -0.39 is 10.0 Å². The number of fused-ring (bicyclic) bond motifs is 1. The van der Waals surface area contributed by atoms with Crippen molar-refractivity contribution < 1.29 is 17.9 Å². The summed E-state index contributed by atoms with van der Waals surface area (Å²) in [6.45, 7) is 2.28. The molecule has 0 saturated carbocycles. The van der Waals surface area contributed by atoms with Crippen LogP contribution in [0.4, 0.5) is 0 Å². The molecule has 0 amide bonds. The summed E-state index contributed by atoms with van der Waals surface area (Å²) in [5.74, 6) is -0.313. The number of H-pyrrole nitrogens is 1. The number of sulfonamides is 1. The lowest BCUT2D eigenvalue weighted by atomic mass is 10.2. The van der Waals surface area contributed by atoms with E-state index in [4.69, 9.17) is 4.74 Å². The highest BCUT2D eigenvalue weighted by Gasteiger charge is 2.35. The van der Waals surface area contributed by atoms with Crippen LogP contribution in [0.15, 0.2) is 27.6 Å². The number of nitrogens with one attached hydrogen (secondary N) is 1. The first-order valence-corrected chi connectivity index (χ1v) is 9.43. The van der Waals surface area contributed by atoms with Gasteiger partial charge in [-0.2, -0.15) is 4.31 Å². The molecule has 0 bridgehead atoms. The summed E-state index contributed by atoms with van der Waals surface area (Å²) in [5.41, 5.74) is 0.733. The van der Waals surface area contributed by atoms with Crippen LogP contribution in [0.3, 0.4) is 0 Å². The number of aromatic amines is 1. The smallest absolute Gasteiger partial charge is 0.246 e. The molecule has 23 heavy (non-hydrogen) atoms. The summed E-state index contributed by atoms with van der Waals surface area (Å²) >= 11 is 3.36. The van der Waals surface area contributed by atoms with Gasteiger partial charge in [-0.05, 0) is 24.6 Å². The fourth-order valence-electron chi connectivity index (χ4n) is 2.80. The number of hydrogen-bond acceptors (Lipinski definition) is 4. The van der Waals surface area contributed by atoms with E-state index >= 15 is 0 Å². The van der Waals surface area contributed by atoms with Gasteiger partial charge in [0.15, 0.2) is 5.78 Å². The molecule has 1 unspecified atom stereocenters. The van der Waals surface area contributed by atoms with Crippen LogP contribution >= 0.6 is 15.9 Å². The minimum absolute atomic E-state index is 0.0377. The first kappa shape index (κ1) is 16.6. The standard InChI is InChI=1S/C15H17BrN2O4S/c1-9(19)14-15(12-7-10(16)3-4-13(12)17-14)23(20,21)18(2)11-5-6-22-8-11/h3-4,7,11,17H,5-6,8H2,1-2H3. The number of ether oxygens (including phenoxy) is 1. The first-order valence-electron chi connectivity index (χ1n) is 7.20. The van der Waals surface area contributed by atoms with E-state index in [1.165, 1.54) is 18.3 Å². The van der Waals surface area contributed by atoms with Gasteiger partial charge < -0.3 is 9.72 Å². The number of rotatable bonds is 4. The van der Waals surface area contributed by atoms with Crippen LogP contribution in [-0.4, -0.2) is 49.8 Å². The molecule has 1 aliphatic heterocycles. The van der Waals surface area contributed by atoms with Gasteiger partial charge >= 0.3 is 0 Å². The molecule has 8 heteroatoms. The molecule has 3 rings (SSSR count). The van der Waals surface area contributed by atoms with E-state index in [0.717, 1.165) is 4.47 Å². The van der Waals surface area contributed by atoms with Gasteiger partial charge in [0.25, 0.3) is 0 Å². The minimum atomic E-state index is -3.82. The van der Waals surface area contributed by atoms with Crippen LogP contribution in [0.25, 0.3) is 10.9 Å². The Balaban J connectivity index is 2.22. The summed E-state index contributed by atoms with van der Waals surface area (Å²) in [6, 6.07) is 5.05. The normalized spacial score (nSPS) is 18.9. The second-order valence-electron chi connectivity index (χ2n) is 5.61. The van der Waals surface area contributed by atoms with Crippen molar-refractivity contribution in [3.05, 3.63) is 28.4 Å². The van der Waals surface area contributed by atoms with Crippen LogP contribution in [0.5, 0.6) is 0 Å². The molecular weight excluding hydrogens is 384 g/mol. The van der Waals surface area contributed by atoms with Crippen molar-refractivity contribution in [1.82, 2.24) is 9.29 Å². The van der Waals surface area contributed by atoms with Crippen LogP contribution in [0, 0.1) is 0 Å². The van der Waals surface area contributed by atoms with Crippen molar-refractivity contribution in [2.75, 3.05) is 20.3 Å². The molecule has 1 aromatic heterocycles. The van der Waals surface area contributed by atoms with Gasteiger partial charge in [0.1, 0.15) is 10.6 Å². The van der Waals surface area contributed by atoms with Crippen molar-refractivity contribution in [2.24, 2.45) is 0 Å². The molecule has 1 aliphatic rings. The SMILES string of the molecule is CC(=O)c1[nH]c2ccc(Br)cc2c1S(=O)(=O)N(C)C1CCOC1. The number of likely N-dealkylation sites (N-methyl/N-ethyl adjacent to an activating group) is 1. The molecule has 124 valence electrons. The fourth-order valence-corrected chi connectivity index (χ4v) is 4.91. The number of benzene rings is 1. The molecule has 0 spiro atoms. The van der Waals surface area contributed by atoms with Crippen LogP contribution in [0.2, 0.25) is 0 Å². The molecule has 1 saturated heterocycles. The van der Waals surface area contributed by atoms with Gasteiger partial charge in [0, 0.05) is 36.0 Å². The van der Waals surface area contributed by atoms with Crippen molar-refractivity contribution >= 4 is 42.6 Å². The summed E-state index contributed by atoms with van der Waals surface area (Å²) in [5, 5.41) is 0.510. The number of carbonyl (C=O) groups excluding carboxylic acids is 1. The summed E-state index contributed by atoms with van der Waals surface area (Å²) in [7, 11) is -2.28. The van der Waals surface area contributed by atoms with Gasteiger partial charge in [0.05, 0.1) is 12.6 Å². The summed E-state index contributed by atoms with van der Waals surface area (Å²) in [4.78, 5) is 14.9. The Bertz CT molecular complexity index is 869. The Morgan fingerprint density at radius 1 is 1.43 bits per heavy atom. The highest BCUT2D eigenvalue weighted by molar-refractivity contribution is 9.10. The zero-order valence-electron chi connectivity index (χ0n) is 12.8. The molecule has 1 N–H and O–H groups in total. The third kappa shape index (κ3) is 2.84. The lowest BCUT2D eigenvalue weighted by molar-refractivity contribution is 0.101. The highest BCUT2D eigenvalue weighted by Crippen LogP contribution is 2.33. The van der Waals surface area contributed by atoms with Crippen molar-refractivity contribution in [3.8, 4) is 0 Å². The zero-order valence-corrected chi connectivity index (χ0v) is 15.2. The predicted octanol–water partition coefficient (Wildman–Crippen LogP) is 2.54. The fraction of sp³-hybridized carbons (Fsp3) is 0.400. The average molecular weight is 401 g/mol. The molecule has 2 aromatic rings. The number of hydrogen-bond donors (Lipinski definition) is 1. The maximum atomic E-state index is 13.1. The van der Waals surface area contributed by atoms with E-state index in [9.17, 15) is 13.2 Å². The Morgan fingerprint density at radius 3 is 2.78 bits per heavy atom. The second kappa shape index (κ2) is 6.01. The van der Waals surface area contributed by atoms with E-state index in [2.05, 4.69) is 20.9 Å². The van der Waals surface area contributed by atoms with Crippen molar-refractivity contribution in [2.45, 2.75) is 24.3 Å². The number of ketones is 1. The van der Waals surface area contributed by atoms with Crippen LogP contribution in [-0.2, 0) is 14.8 Å². The highest BCUT2D eigenvalue weighted by atomic mass is 79.9. The van der Waals surface area contributed by atoms with Gasteiger partial charge in [-0.25, -0.2) is 8.42 Å². The van der Waals surface area contributed by atoms with Crippen molar-refractivity contribution in [3.63, 3.8) is 0 Å². The number of nitrogens with zero attached hydrogens (tertiary/aromatic N) is 1. The average Bonchev–Trinajstić information content (AvgIpc) is 3.13. The largest absolute Gasteiger partial charge is 0.380 e. The van der Waals surface area contributed by atoms with Crippen molar-refractivity contribution in [1.29, 1.82) is 0 Å². The quantitative estimate of drug-likeness (QED) is 0.799. The number of aromatic nitrogens is 1. The topological polar surface area (TPSA) is 79.5 Å². The number of carbonyl (C=O) groups is 1. The Morgan fingerprint density at radius 2 is 2.17 bits per heavy atom. The van der Waals surface area contributed by atoms with Crippen LogP contribution in [0.1, 0.15) is 23.8 Å². The third-order valence-corrected chi connectivity index (χ3v) is 6.61. The van der Waals surface area contributed by atoms with E-state index in [1.807, 2.05) is 0 Å². The first-order chi connectivity index (χ1) is 10.8. The maximum Gasteiger partial charge on any atom is 0.246 e. The lowest BCUT2D eigenvalue weighted by Gasteiger charge is -2.22. The second-order valence-corrected chi connectivity index (χ2v) is 8.46. The molecule has 1 aromatic carbocycles. The monoisotopic (exact) mass is 400 g/mol. The van der Waals surface area contributed by atoms with Gasteiger partial charge in [-0.3, -0.25) is 4.79 Å². The summed E-state index contributed by atoms with van der Waals surface area (Å²) < 4.78 is 33.6. The molecular formula is C15H17BrN2O4S. The van der Waals surface area contributed by atoms with Crippen LogP contribution < -0.4 is 0 Å². The van der Waals surface area contributed by atoms with E-state index in [0.29, 0.717) is 30.5 Å². The Hall–Kier alpha value is -1.22. The lowest BCUT2D eigenvalue weighted by Crippen LogP contribution is -2.37. The van der Waals surface area contributed by atoms with Gasteiger partial charge in [0.2, 0.25) is 10.0 Å². The Labute approximate surface area is 143 Å². The molecule has 0 aliphatic carbocycles. The minimum Gasteiger partial charge on any atom is -0.380 e. The molecule has 2 heterocycles. The maximum absolute atomic E-state index is 13.1. The molecule has 1 atom stereocenters. The number of halogens is 1. The molecule has 6 nitrogen and oxygen atoms in total. The predicted molar refractivity (Wildman–Crippen MR) is 90.2 cm³/mol. The van der Waals surface area contributed by atoms with E-state index in [1.54, 1.807) is 18.2 Å². The molecule has 0 radical (unpaired) electrons.